The molecule has 0 spiro atoms. The summed E-state index contributed by atoms with van der Waals surface area (Å²) in [6, 6.07) is 21.0. The normalized spacial score (nSPS) is 19.4. The van der Waals surface area contributed by atoms with Gasteiger partial charge in [-0.25, -0.2) is 4.79 Å². The molecule has 0 unspecified atom stereocenters. The number of carbonyl (C=O) groups is 1. The molecule has 2 aromatic carbocycles. The van der Waals surface area contributed by atoms with Crippen LogP contribution in [0.15, 0.2) is 77.7 Å². The number of aliphatic hydroxyl groups is 1. The van der Waals surface area contributed by atoms with Gasteiger partial charge in [0.25, 0.3) is 0 Å². The summed E-state index contributed by atoms with van der Waals surface area (Å²) in [5, 5.41) is 9.36. The Kier molecular flexibility index (Phi) is 6.42. The summed E-state index contributed by atoms with van der Waals surface area (Å²) in [7, 11) is 0. The number of amides is 1. The molecule has 2 heterocycles. The lowest BCUT2D eigenvalue weighted by Crippen LogP contribution is -2.48. The first-order chi connectivity index (χ1) is 15.5. The van der Waals surface area contributed by atoms with E-state index in [1.807, 2.05) is 67.6 Å². The van der Waals surface area contributed by atoms with Gasteiger partial charge >= 0.3 is 6.09 Å². The third-order valence-corrected chi connectivity index (χ3v) is 6.28. The highest BCUT2D eigenvalue weighted by Gasteiger charge is 2.43. The lowest BCUT2D eigenvalue weighted by Gasteiger charge is -2.43. The van der Waals surface area contributed by atoms with Crippen molar-refractivity contribution in [2.24, 2.45) is 0 Å². The van der Waals surface area contributed by atoms with E-state index in [0.29, 0.717) is 25.8 Å². The first-order valence-electron chi connectivity index (χ1n) is 11.0. The predicted octanol–water partition coefficient (Wildman–Crippen LogP) is 4.61. The topological polar surface area (TPSA) is 82.6 Å². The summed E-state index contributed by atoms with van der Waals surface area (Å²) >= 11 is 0. The number of carbonyl (C=O) groups excluding carboxylic acids is 1. The molecule has 0 aliphatic carbocycles. The maximum atomic E-state index is 13.1. The number of hydrogen-bond donors (Lipinski definition) is 2. The average molecular weight is 433 g/mol. The zero-order valence-corrected chi connectivity index (χ0v) is 18.2. The number of nitrogens with zero attached hydrogens (tertiary/aromatic N) is 1. The van der Waals surface area contributed by atoms with Crippen molar-refractivity contribution in [1.82, 2.24) is 9.88 Å². The number of nitrogens with one attached hydrogen (secondary N) is 1. The smallest absolute Gasteiger partial charge is 0.411 e. The second-order valence-corrected chi connectivity index (χ2v) is 8.24. The quantitative estimate of drug-likeness (QED) is 0.571. The SMILES string of the molecule is C[C@@H](c1ccc(-c2cc[nH]c(=O)c2)cc1)N1CC[C@](CCCO)(c2ccccc2)OC1=O. The Balaban J connectivity index is 1.51. The molecule has 1 amide bonds. The molecule has 0 radical (unpaired) electrons. The Hall–Kier alpha value is -3.38. The molecule has 1 aliphatic heterocycles. The van der Waals surface area contributed by atoms with Gasteiger partial charge in [-0.05, 0) is 48.1 Å². The average Bonchev–Trinajstić information content (AvgIpc) is 2.83. The van der Waals surface area contributed by atoms with E-state index < -0.39 is 5.60 Å². The monoisotopic (exact) mass is 432 g/mol. The van der Waals surface area contributed by atoms with Gasteiger partial charge in [0.2, 0.25) is 5.56 Å². The maximum absolute atomic E-state index is 13.1. The minimum Gasteiger partial charge on any atom is -0.438 e. The summed E-state index contributed by atoms with van der Waals surface area (Å²) in [6.07, 6.45) is 3.11. The van der Waals surface area contributed by atoms with Crippen LogP contribution in [-0.2, 0) is 10.3 Å². The number of H-pyrrole nitrogens is 1. The fourth-order valence-corrected chi connectivity index (χ4v) is 4.41. The Morgan fingerprint density at radius 2 is 1.81 bits per heavy atom. The molecule has 1 saturated heterocycles. The number of ether oxygens (including phenoxy) is 1. The van der Waals surface area contributed by atoms with Crippen molar-refractivity contribution in [2.75, 3.05) is 13.2 Å². The van der Waals surface area contributed by atoms with Crippen molar-refractivity contribution in [3.63, 3.8) is 0 Å². The van der Waals surface area contributed by atoms with E-state index in [1.165, 1.54) is 0 Å². The van der Waals surface area contributed by atoms with Crippen molar-refractivity contribution in [3.8, 4) is 11.1 Å². The molecule has 4 rings (SSSR count). The van der Waals surface area contributed by atoms with Crippen molar-refractivity contribution in [3.05, 3.63) is 94.4 Å². The molecule has 1 fully saturated rings. The van der Waals surface area contributed by atoms with Gasteiger partial charge in [-0.1, -0.05) is 54.6 Å². The zero-order chi connectivity index (χ0) is 22.6. The Bertz CT molecular complexity index is 1110. The van der Waals surface area contributed by atoms with Crippen LogP contribution in [0.4, 0.5) is 4.79 Å². The second-order valence-electron chi connectivity index (χ2n) is 8.24. The molecule has 1 aliphatic rings. The molecular weight excluding hydrogens is 404 g/mol. The van der Waals surface area contributed by atoms with Crippen molar-refractivity contribution < 1.29 is 14.6 Å². The fraction of sp³-hybridized carbons (Fsp3) is 0.308. The number of aliphatic hydroxyl groups excluding tert-OH is 1. The van der Waals surface area contributed by atoms with Crippen LogP contribution in [0.25, 0.3) is 11.1 Å². The van der Waals surface area contributed by atoms with Crippen LogP contribution in [-0.4, -0.2) is 34.2 Å². The van der Waals surface area contributed by atoms with Gasteiger partial charge in [-0.15, -0.1) is 0 Å². The number of aromatic nitrogens is 1. The van der Waals surface area contributed by atoms with Crippen LogP contribution in [0.1, 0.15) is 43.4 Å². The van der Waals surface area contributed by atoms with Gasteiger partial charge in [0.15, 0.2) is 0 Å². The summed E-state index contributed by atoms with van der Waals surface area (Å²) in [5.74, 6) is 0. The lowest BCUT2D eigenvalue weighted by molar-refractivity contribution is -0.0680. The van der Waals surface area contributed by atoms with Gasteiger partial charge in [0.1, 0.15) is 5.60 Å². The summed E-state index contributed by atoms with van der Waals surface area (Å²) < 4.78 is 6.06. The van der Waals surface area contributed by atoms with E-state index in [9.17, 15) is 14.7 Å². The largest absolute Gasteiger partial charge is 0.438 e. The lowest BCUT2D eigenvalue weighted by atomic mass is 9.84. The molecule has 0 bridgehead atoms. The number of benzene rings is 2. The van der Waals surface area contributed by atoms with Crippen molar-refractivity contribution in [1.29, 1.82) is 0 Å². The minimum absolute atomic E-state index is 0.0614. The molecule has 6 nitrogen and oxygen atoms in total. The third kappa shape index (κ3) is 4.46. The van der Waals surface area contributed by atoms with Gasteiger partial charge < -0.3 is 19.7 Å². The van der Waals surface area contributed by atoms with E-state index in [1.54, 1.807) is 17.2 Å². The summed E-state index contributed by atoms with van der Waals surface area (Å²) in [6.45, 7) is 2.62. The standard InChI is InChI=1S/C26H28N2O4/c1-19(20-8-10-21(11-9-20)22-12-15-27-24(30)18-22)28-16-14-26(13-5-17-29,32-25(28)31)23-6-3-2-4-7-23/h2-4,6-12,15,18-19,29H,5,13-14,16-17H2,1H3,(H,27,30)/t19-,26+/m0/s1. The van der Waals surface area contributed by atoms with Crippen molar-refractivity contribution in [2.45, 2.75) is 37.8 Å². The van der Waals surface area contributed by atoms with Crippen molar-refractivity contribution >= 4 is 6.09 Å². The number of pyridine rings is 1. The van der Waals surface area contributed by atoms with E-state index >= 15 is 0 Å². The summed E-state index contributed by atoms with van der Waals surface area (Å²) in [5.41, 5.74) is 2.91. The molecule has 166 valence electrons. The Morgan fingerprint density at radius 1 is 1.06 bits per heavy atom. The van der Waals surface area contributed by atoms with E-state index in [4.69, 9.17) is 4.74 Å². The first kappa shape index (κ1) is 21.8. The third-order valence-electron chi connectivity index (χ3n) is 6.28. The Labute approximate surface area is 187 Å². The minimum atomic E-state index is -0.707. The molecule has 3 aromatic rings. The number of hydrogen-bond acceptors (Lipinski definition) is 4. The molecule has 2 N–H and O–H groups in total. The van der Waals surface area contributed by atoms with E-state index in [-0.39, 0.29) is 24.3 Å². The molecule has 32 heavy (non-hydrogen) atoms. The molecular formula is C26H28N2O4. The summed E-state index contributed by atoms with van der Waals surface area (Å²) in [4.78, 5) is 29.0. The fourth-order valence-electron chi connectivity index (χ4n) is 4.41. The van der Waals surface area contributed by atoms with Gasteiger partial charge in [0.05, 0.1) is 6.04 Å². The van der Waals surface area contributed by atoms with Crippen LogP contribution in [0, 0.1) is 0 Å². The highest BCUT2D eigenvalue weighted by molar-refractivity contribution is 5.70. The highest BCUT2D eigenvalue weighted by Crippen LogP contribution is 2.40. The van der Waals surface area contributed by atoms with Crippen LogP contribution in [0.3, 0.4) is 0 Å². The van der Waals surface area contributed by atoms with Crippen LogP contribution in [0.2, 0.25) is 0 Å². The first-order valence-corrected chi connectivity index (χ1v) is 11.0. The van der Waals surface area contributed by atoms with E-state index in [0.717, 1.165) is 22.3 Å². The Morgan fingerprint density at radius 3 is 2.47 bits per heavy atom. The maximum Gasteiger partial charge on any atom is 0.411 e. The van der Waals surface area contributed by atoms with Crippen LogP contribution < -0.4 is 5.56 Å². The second kappa shape index (κ2) is 9.40. The van der Waals surface area contributed by atoms with Gasteiger partial charge in [0, 0.05) is 31.8 Å². The molecule has 0 saturated carbocycles. The molecule has 6 heteroatoms. The zero-order valence-electron chi connectivity index (χ0n) is 18.2. The van der Waals surface area contributed by atoms with E-state index in [2.05, 4.69) is 4.98 Å². The van der Waals surface area contributed by atoms with Gasteiger partial charge in [-0.3, -0.25) is 4.79 Å². The number of cyclic esters (lactones) is 1. The van der Waals surface area contributed by atoms with Crippen LogP contribution in [0.5, 0.6) is 0 Å². The number of aromatic amines is 1. The van der Waals surface area contributed by atoms with Crippen LogP contribution >= 0.6 is 0 Å². The molecule has 2 atom stereocenters. The predicted molar refractivity (Wildman–Crippen MR) is 123 cm³/mol. The number of rotatable bonds is 7. The van der Waals surface area contributed by atoms with Gasteiger partial charge in [-0.2, -0.15) is 0 Å². The highest BCUT2D eigenvalue weighted by atomic mass is 16.6. The molecule has 1 aromatic heterocycles.